The number of hydrogen-bond donors (Lipinski definition) is 2. The fraction of sp³-hybridized carbons (Fsp3) is 1.00. The molecule has 1 saturated heterocycles. The number of aliphatic hydroxyl groups is 1. The summed E-state index contributed by atoms with van der Waals surface area (Å²) >= 11 is 0. The molecule has 1 aliphatic heterocycles. The summed E-state index contributed by atoms with van der Waals surface area (Å²) in [4.78, 5) is 0. The molecule has 1 rings (SSSR count). The quantitative estimate of drug-likeness (QED) is 0.615. The highest BCUT2D eigenvalue weighted by Gasteiger charge is 2.17. The summed E-state index contributed by atoms with van der Waals surface area (Å²) in [5.41, 5.74) is 0. The predicted molar refractivity (Wildman–Crippen MR) is 53.5 cm³/mol. The Morgan fingerprint density at radius 1 is 1.50 bits per heavy atom. The van der Waals surface area contributed by atoms with Crippen LogP contribution in [0.1, 0.15) is 19.8 Å². The molecular formula is C6H17NOS2. The Bertz CT molecular complexity index is 74.1. The van der Waals surface area contributed by atoms with Gasteiger partial charge in [0, 0.05) is 6.04 Å². The Morgan fingerprint density at radius 3 is 2.30 bits per heavy atom. The molecule has 0 amide bonds. The van der Waals surface area contributed by atoms with Crippen LogP contribution in [0.15, 0.2) is 0 Å². The van der Waals surface area contributed by atoms with Gasteiger partial charge in [0.2, 0.25) is 0 Å². The van der Waals surface area contributed by atoms with Gasteiger partial charge in [-0.15, -0.1) is 0 Å². The van der Waals surface area contributed by atoms with E-state index >= 15 is 0 Å². The monoisotopic (exact) mass is 183 g/mol. The van der Waals surface area contributed by atoms with E-state index in [9.17, 15) is 0 Å². The highest BCUT2D eigenvalue weighted by atomic mass is 32.1. The fourth-order valence-electron chi connectivity index (χ4n) is 1.12. The molecule has 64 valence electrons. The number of aliphatic hydroxyl groups excluding tert-OH is 1. The van der Waals surface area contributed by atoms with Crippen LogP contribution < -0.4 is 5.32 Å². The molecular weight excluding hydrogens is 166 g/mol. The van der Waals surface area contributed by atoms with Crippen LogP contribution >= 0.6 is 27.0 Å². The van der Waals surface area contributed by atoms with Gasteiger partial charge in [-0.05, 0) is 26.3 Å². The van der Waals surface area contributed by atoms with Gasteiger partial charge < -0.3 is 10.4 Å². The summed E-state index contributed by atoms with van der Waals surface area (Å²) in [6.45, 7) is 2.92. The highest BCUT2D eigenvalue weighted by molar-refractivity contribution is 7.59. The summed E-state index contributed by atoms with van der Waals surface area (Å²) in [5, 5.41) is 12.2. The molecule has 0 bridgehead atoms. The summed E-state index contributed by atoms with van der Waals surface area (Å²) in [7, 11) is 0. The summed E-state index contributed by atoms with van der Waals surface area (Å²) in [6, 6.07) is 0.370. The lowest BCUT2D eigenvalue weighted by Gasteiger charge is -2.11. The normalized spacial score (nSPS) is 26.4. The zero-order valence-electron chi connectivity index (χ0n) is 6.22. The van der Waals surface area contributed by atoms with E-state index in [1.165, 1.54) is 6.42 Å². The number of rotatable bonds is 1. The van der Waals surface area contributed by atoms with Gasteiger partial charge in [0.05, 0.1) is 6.10 Å². The van der Waals surface area contributed by atoms with Gasteiger partial charge in [-0.2, -0.15) is 27.0 Å². The first kappa shape index (κ1) is 13.2. The molecule has 1 aliphatic rings. The van der Waals surface area contributed by atoms with Crippen molar-refractivity contribution < 1.29 is 5.11 Å². The molecule has 4 heteroatoms. The molecule has 1 heterocycles. The molecule has 2 nitrogen and oxygen atoms in total. The van der Waals surface area contributed by atoms with Crippen molar-refractivity contribution in [2.24, 2.45) is 0 Å². The second kappa shape index (κ2) is 6.34. The van der Waals surface area contributed by atoms with E-state index in [2.05, 4.69) is 5.32 Å². The van der Waals surface area contributed by atoms with Crippen LogP contribution in [0.25, 0.3) is 0 Å². The van der Waals surface area contributed by atoms with Crippen molar-refractivity contribution in [1.29, 1.82) is 0 Å². The van der Waals surface area contributed by atoms with Gasteiger partial charge in [0.15, 0.2) is 0 Å². The first-order valence-electron chi connectivity index (χ1n) is 3.22. The van der Waals surface area contributed by atoms with Gasteiger partial charge in [-0.1, -0.05) is 0 Å². The second-order valence-electron chi connectivity index (χ2n) is 2.44. The van der Waals surface area contributed by atoms with Crippen LogP contribution in [-0.2, 0) is 0 Å². The molecule has 0 saturated carbocycles. The van der Waals surface area contributed by atoms with Gasteiger partial charge in [-0.25, -0.2) is 0 Å². The molecule has 0 aliphatic carbocycles. The smallest absolute Gasteiger partial charge is 0.0665 e. The first-order valence-corrected chi connectivity index (χ1v) is 3.22. The summed E-state index contributed by atoms with van der Waals surface area (Å²) in [6.07, 6.45) is 2.19. The molecule has 0 aromatic heterocycles. The van der Waals surface area contributed by atoms with Crippen molar-refractivity contribution in [3.05, 3.63) is 0 Å². The van der Waals surface area contributed by atoms with E-state index in [1.54, 1.807) is 0 Å². The molecule has 0 radical (unpaired) electrons. The predicted octanol–water partition coefficient (Wildman–Crippen LogP) is 0.345. The van der Waals surface area contributed by atoms with Gasteiger partial charge in [-0.3, -0.25) is 0 Å². The molecule has 0 aromatic rings. The zero-order chi connectivity index (χ0) is 5.98. The van der Waals surface area contributed by atoms with E-state index in [4.69, 9.17) is 5.11 Å². The summed E-state index contributed by atoms with van der Waals surface area (Å²) < 4.78 is 0. The summed E-state index contributed by atoms with van der Waals surface area (Å²) in [5.74, 6) is 0. The van der Waals surface area contributed by atoms with E-state index in [0.717, 1.165) is 13.0 Å². The average Bonchev–Trinajstić information content (AvgIpc) is 2.12. The van der Waals surface area contributed by atoms with Crippen LogP contribution in [0.3, 0.4) is 0 Å². The van der Waals surface area contributed by atoms with Gasteiger partial charge >= 0.3 is 0 Å². The zero-order valence-corrected chi connectivity index (χ0v) is 8.22. The largest absolute Gasteiger partial charge is 0.392 e. The molecule has 0 unspecified atom stereocenters. The molecule has 2 N–H and O–H groups in total. The fourth-order valence-corrected chi connectivity index (χ4v) is 1.12. The Balaban J connectivity index is 0. The van der Waals surface area contributed by atoms with Crippen LogP contribution in [-0.4, -0.2) is 23.8 Å². The van der Waals surface area contributed by atoms with Gasteiger partial charge in [0.25, 0.3) is 0 Å². The second-order valence-corrected chi connectivity index (χ2v) is 2.44. The average molecular weight is 183 g/mol. The maximum Gasteiger partial charge on any atom is 0.0665 e. The van der Waals surface area contributed by atoms with Crippen molar-refractivity contribution in [3.63, 3.8) is 0 Å². The molecule has 0 spiro atoms. The van der Waals surface area contributed by atoms with E-state index in [1.807, 2.05) is 6.92 Å². The Kier molecular flexibility index (Phi) is 8.38. The maximum absolute atomic E-state index is 8.99. The lowest BCUT2D eigenvalue weighted by Crippen LogP contribution is -2.32. The third-order valence-corrected chi connectivity index (χ3v) is 1.68. The van der Waals surface area contributed by atoms with Crippen LogP contribution in [0, 0.1) is 0 Å². The van der Waals surface area contributed by atoms with Crippen LogP contribution in [0.2, 0.25) is 0 Å². The maximum atomic E-state index is 8.99. The van der Waals surface area contributed by atoms with E-state index in [0.29, 0.717) is 6.04 Å². The minimum Gasteiger partial charge on any atom is -0.392 e. The van der Waals surface area contributed by atoms with E-state index in [-0.39, 0.29) is 33.1 Å². The molecule has 1 fully saturated rings. The minimum absolute atomic E-state index is 0. The van der Waals surface area contributed by atoms with Gasteiger partial charge in [0.1, 0.15) is 0 Å². The molecule has 10 heavy (non-hydrogen) atoms. The number of hydrogen-bond acceptors (Lipinski definition) is 2. The lowest BCUT2D eigenvalue weighted by atomic mass is 10.1. The standard InChI is InChI=1S/C6H13NO.2H2S/c1-5(8)6-3-2-4-7-6;;/h5-8H,2-4H2,1H3;2*1H2/t5-,6+;;/m1../s1. The first-order chi connectivity index (χ1) is 3.80. The van der Waals surface area contributed by atoms with Crippen molar-refractivity contribution in [3.8, 4) is 0 Å². The SMILES string of the molecule is C[C@@H](O)[C@@H]1CCCN1.S.S. The van der Waals surface area contributed by atoms with Crippen LogP contribution in [0.4, 0.5) is 0 Å². The number of nitrogens with one attached hydrogen (secondary N) is 1. The Labute approximate surface area is 76.3 Å². The van der Waals surface area contributed by atoms with Crippen molar-refractivity contribution >= 4 is 27.0 Å². The van der Waals surface area contributed by atoms with Crippen molar-refractivity contribution in [2.75, 3.05) is 6.54 Å². The minimum atomic E-state index is -0.169. The van der Waals surface area contributed by atoms with E-state index < -0.39 is 0 Å². The third kappa shape index (κ3) is 3.71. The topological polar surface area (TPSA) is 32.3 Å². The van der Waals surface area contributed by atoms with Crippen molar-refractivity contribution in [2.45, 2.75) is 31.9 Å². The third-order valence-electron chi connectivity index (χ3n) is 1.68. The Morgan fingerprint density at radius 2 is 2.10 bits per heavy atom. The van der Waals surface area contributed by atoms with Crippen molar-refractivity contribution in [1.82, 2.24) is 5.32 Å². The molecule has 2 atom stereocenters. The Hall–Kier alpha value is 0.620. The van der Waals surface area contributed by atoms with Crippen LogP contribution in [0.5, 0.6) is 0 Å². The lowest BCUT2D eigenvalue weighted by molar-refractivity contribution is 0.154. The highest BCUT2D eigenvalue weighted by Crippen LogP contribution is 2.07. The molecule has 0 aromatic carbocycles.